The molecule has 1 radical (unpaired) electrons. The van der Waals surface area contributed by atoms with E-state index in [9.17, 15) is 5.76 Å². The maximum absolute atomic E-state index is 12.8. The van der Waals surface area contributed by atoms with Gasteiger partial charge in [0.25, 0.3) is 0 Å². The molecule has 2 aliphatic carbocycles. The summed E-state index contributed by atoms with van der Waals surface area (Å²) >= 11 is 0. The van der Waals surface area contributed by atoms with Gasteiger partial charge in [0.15, 0.2) is 0 Å². The van der Waals surface area contributed by atoms with Crippen molar-refractivity contribution in [3.8, 4) is 33.9 Å². The zero-order valence-corrected chi connectivity index (χ0v) is 37.4. The fourth-order valence-electron chi connectivity index (χ4n) is 9.72. The van der Waals surface area contributed by atoms with Crippen molar-refractivity contribution in [2.45, 2.75) is 96.3 Å². The van der Waals surface area contributed by atoms with Crippen LogP contribution in [-0.4, -0.2) is 27.6 Å². The summed E-state index contributed by atoms with van der Waals surface area (Å²) in [4.78, 5) is 14.4. The number of benzene rings is 4. The molecule has 5 heterocycles. The summed E-state index contributed by atoms with van der Waals surface area (Å²) in [5.41, 5.74) is 11.1. The van der Waals surface area contributed by atoms with Crippen LogP contribution in [0.15, 0.2) is 108 Å². The van der Waals surface area contributed by atoms with Gasteiger partial charge < -0.3 is 19.0 Å². The first kappa shape index (κ1) is 38.4. The number of pyridine rings is 2. The predicted octanol–water partition coefficient (Wildman–Crippen LogP) is 12.9. The molecule has 11 rings (SSSR count). The normalized spacial score (nSPS) is 17.1. The van der Waals surface area contributed by atoms with Gasteiger partial charge in [0, 0.05) is 57.2 Å². The van der Waals surface area contributed by atoms with Gasteiger partial charge in [0.2, 0.25) is 0 Å². The van der Waals surface area contributed by atoms with E-state index in [0.717, 1.165) is 92.7 Å². The Kier molecular flexibility index (Phi) is 10.4. The van der Waals surface area contributed by atoms with Crippen LogP contribution in [0.2, 0.25) is 19.6 Å². The largest absolute Gasteiger partial charge is 0.498 e. The van der Waals surface area contributed by atoms with E-state index in [-0.39, 0.29) is 25.9 Å². The van der Waals surface area contributed by atoms with Crippen LogP contribution in [0, 0.1) is 23.4 Å². The number of aryl methyl sites for hydroxylation is 2. The first-order valence-electron chi connectivity index (χ1n) is 21.5. The number of rotatable bonds is 4. The number of nitrogens with zero attached hydrogens (tertiary/aromatic N) is 4. The van der Waals surface area contributed by atoms with Crippen molar-refractivity contribution in [3.05, 3.63) is 132 Å². The number of hydrogen-bond acceptors (Lipinski definition) is 4. The van der Waals surface area contributed by atoms with Crippen LogP contribution in [0.4, 0.5) is 4.39 Å². The number of fused-ring (bicyclic) bond motifs is 9. The SMILES string of the molecule is C[Si](C)(C)c1ccc(-c2[c-]cc(F)cc2)nc1.[2H]C1(c2ccnc(-c3[c-]ccc4c3oc3c4ccc4c3nc3n4CCc4ccccc4-3)c2)CCC2(CCCCC2)CC1.[Ir]. The standard InChI is InChI=1S/C37H34N3O.C14H15FNSi.Ir/c1-4-17-37(18-5-1)19-13-24(14-20-37)26-15-21-38-31(23-26)30-10-6-9-28-29-11-12-32-33(35(29)41-34(28)30)39-36-27-8-3-2-7-25(27)16-22-40(32)36;1-17(2,3)13-8-9-14(16-10-13)11-4-6-12(15)7-5-11;/h2-3,6-9,11-12,15,21,23-24H,1,4-5,13-14,16-20,22H2;4,6-10H,1-3H3;/q2*-1;/i24D;;. The summed E-state index contributed by atoms with van der Waals surface area (Å²) in [6, 6.07) is 36.1. The zero-order chi connectivity index (χ0) is 40.4. The minimum absolute atomic E-state index is 0. The first-order valence-corrected chi connectivity index (χ1v) is 24.5. The Balaban J connectivity index is 0.000000217. The topological polar surface area (TPSA) is 56.7 Å². The monoisotopic (exact) mass is 974 g/mol. The molecule has 2 saturated carbocycles. The van der Waals surface area contributed by atoms with Crippen LogP contribution in [0.25, 0.3) is 66.9 Å². The molecule has 0 amide bonds. The molecule has 0 N–H and O–H groups in total. The van der Waals surface area contributed by atoms with Crippen molar-refractivity contribution in [2.24, 2.45) is 5.41 Å². The molecule has 2 fully saturated rings. The molecule has 0 unspecified atom stereocenters. The average molecular weight is 974 g/mol. The van der Waals surface area contributed by atoms with Gasteiger partial charge in [0.1, 0.15) is 16.9 Å². The number of halogens is 1. The van der Waals surface area contributed by atoms with Crippen LogP contribution in [0.1, 0.15) is 76.2 Å². The molecule has 5 nitrogen and oxygen atoms in total. The fourth-order valence-corrected chi connectivity index (χ4v) is 10.8. The molecule has 1 spiro atoms. The van der Waals surface area contributed by atoms with Gasteiger partial charge >= 0.3 is 0 Å². The third-order valence-electron chi connectivity index (χ3n) is 13.1. The minimum Gasteiger partial charge on any atom is -0.498 e. The van der Waals surface area contributed by atoms with Crippen molar-refractivity contribution in [1.82, 2.24) is 19.5 Å². The van der Waals surface area contributed by atoms with Gasteiger partial charge in [-0.2, -0.15) is 0 Å². The maximum atomic E-state index is 12.8. The van der Waals surface area contributed by atoms with E-state index in [1.807, 2.05) is 24.5 Å². The van der Waals surface area contributed by atoms with Gasteiger partial charge in [-0.05, 0) is 96.6 Å². The smallest absolute Gasteiger partial charge is 0.148 e. The minimum atomic E-state index is -1.30. The molecule has 4 aromatic carbocycles. The van der Waals surface area contributed by atoms with Gasteiger partial charge in [-0.1, -0.05) is 97.9 Å². The van der Waals surface area contributed by atoms with E-state index in [1.165, 1.54) is 73.4 Å². The van der Waals surface area contributed by atoms with Crippen LogP contribution in [0.5, 0.6) is 0 Å². The molecule has 8 heteroatoms. The van der Waals surface area contributed by atoms with Gasteiger partial charge in [-0.25, -0.2) is 4.98 Å². The van der Waals surface area contributed by atoms with Crippen molar-refractivity contribution >= 4 is 46.2 Å². The zero-order valence-electron chi connectivity index (χ0n) is 35.0. The molecule has 3 aliphatic rings. The Morgan fingerprint density at radius 3 is 2.42 bits per heavy atom. The number of hydrogen-bond donors (Lipinski definition) is 0. The van der Waals surface area contributed by atoms with E-state index >= 15 is 0 Å². The second-order valence-electron chi connectivity index (χ2n) is 17.7. The fraction of sp³-hybridized carbons (Fsp3) is 0.314. The van der Waals surface area contributed by atoms with Gasteiger partial charge in [-0.3, -0.25) is 4.39 Å². The molecule has 59 heavy (non-hydrogen) atoms. The summed E-state index contributed by atoms with van der Waals surface area (Å²) in [6.45, 7) is 7.77. The third-order valence-corrected chi connectivity index (χ3v) is 15.1. The molecular formula is C51H49FIrN4OSi-2. The van der Waals surface area contributed by atoms with Crippen LogP contribution >= 0.6 is 0 Å². The van der Waals surface area contributed by atoms with Crippen molar-refractivity contribution in [2.75, 3.05) is 0 Å². The molecular weight excluding hydrogens is 924 g/mol. The molecule has 301 valence electrons. The Morgan fingerprint density at radius 1 is 0.847 bits per heavy atom. The van der Waals surface area contributed by atoms with E-state index in [4.69, 9.17) is 14.4 Å². The molecule has 0 bridgehead atoms. The maximum Gasteiger partial charge on any atom is 0.148 e. The van der Waals surface area contributed by atoms with E-state index in [1.54, 1.807) is 6.07 Å². The number of aromatic nitrogens is 4. The second kappa shape index (κ2) is 16.0. The van der Waals surface area contributed by atoms with Crippen molar-refractivity contribution < 1.29 is 30.3 Å². The van der Waals surface area contributed by atoms with Gasteiger partial charge in [0.05, 0.1) is 19.2 Å². The Morgan fingerprint density at radius 2 is 1.66 bits per heavy atom. The number of imidazole rings is 1. The summed E-state index contributed by atoms with van der Waals surface area (Å²) in [7, 11) is -1.30. The first-order chi connectivity index (χ1) is 28.6. The van der Waals surface area contributed by atoms with Crippen LogP contribution in [-0.2, 0) is 33.1 Å². The summed E-state index contributed by atoms with van der Waals surface area (Å²) < 4.78 is 31.3. The summed E-state index contributed by atoms with van der Waals surface area (Å²) in [6.07, 6.45) is 15.8. The molecule has 4 aromatic heterocycles. The summed E-state index contributed by atoms with van der Waals surface area (Å²) in [5, 5.41) is 3.44. The Bertz CT molecular complexity index is 2830. The average Bonchev–Trinajstić information content (AvgIpc) is 3.85. The van der Waals surface area contributed by atoms with E-state index in [2.05, 4.69) is 102 Å². The third kappa shape index (κ3) is 7.53. The second-order valence-corrected chi connectivity index (χ2v) is 22.8. The number of furan rings is 1. The quantitative estimate of drug-likeness (QED) is 0.130. The van der Waals surface area contributed by atoms with Crippen molar-refractivity contribution in [3.63, 3.8) is 0 Å². The van der Waals surface area contributed by atoms with Crippen LogP contribution in [0.3, 0.4) is 0 Å². The molecule has 1 aliphatic heterocycles. The van der Waals surface area contributed by atoms with E-state index < -0.39 is 14.0 Å². The van der Waals surface area contributed by atoms with Crippen LogP contribution < -0.4 is 5.19 Å². The molecule has 0 saturated heterocycles. The Hall–Kier alpha value is -4.75. The predicted molar refractivity (Wildman–Crippen MR) is 236 cm³/mol. The van der Waals surface area contributed by atoms with Crippen molar-refractivity contribution in [1.29, 1.82) is 0 Å². The molecule has 0 atom stereocenters. The van der Waals surface area contributed by atoms with E-state index in [0.29, 0.717) is 5.41 Å². The summed E-state index contributed by atoms with van der Waals surface area (Å²) in [5.74, 6) is 0.191. The Labute approximate surface area is 362 Å². The van der Waals surface area contributed by atoms with Gasteiger partial charge in [-0.15, -0.1) is 48.0 Å². The molecule has 8 aromatic rings.